The van der Waals surface area contributed by atoms with Gasteiger partial charge in [-0.25, -0.2) is 0 Å². The highest BCUT2D eigenvalue weighted by atomic mass is 32.2. The topological polar surface area (TPSA) is 49.8 Å². The standard InChI is InChI=1S/C11H21NO3S/c1-8-6-12(4-5-15-8)11(14)7-16-10(3)9(2)13/h8-10,13H,4-7H2,1-3H3. The van der Waals surface area contributed by atoms with Crippen molar-refractivity contribution in [2.75, 3.05) is 25.4 Å². The number of hydrogen-bond acceptors (Lipinski definition) is 4. The van der Waals surface area contributed by atoms with Crippen LogP contribution in [0.4, 0.5) is 0 Å². The van der Waals surface area contributed by atoms with E-state index < -0.39 is 0 Å². The molecule has 0 bridgehead atoms. The molecule has 1 rings (SSSR count). The van der Waals surface area contributed by atoms with Gasteiger partial charge in [0.1, 0.15) is 0 Å². The van der Waals surface area contributed by atoms with Gasteiger partial charge in [0.2, 0.25) is 5.91 Å². The van der Waals surface area contributed by atoms with Crippen LogP contribution in [0.2, 0.25) is 0 Å². The lowest BCUT2D eigenvalue weighted by Gasteiger charge is -2.31. The predicted octanol–water partition coefficient (Wildman–Crippen LogP) is 0.736. The molecule has 94 valence electrons. The van der Waals surface area contributed by atoms with E-state index in [0.717, 1.165) is 0 Å². The number of carbonyl (C=O) groups is 1. The number of morpholine rings is 1. The van der Waals surface area contributed by atoms with Gasteiger partial charge in [0, 0.05) is 18.3 Å². The van der Waals surface area contributed by atoms with Crippen molar-refractivity contribution < 1.29 is 14.6 Å². The van der Waals surface area contributed by atoms with E-state index in [4.69, 9.17) is 4.74 Å². The molecule has 1 aliphatic heterocycles. The van der Waals surface area contributed by atoms with Gasteiger partial charge in [0.05, 0.1) is 24.6 Å². The van der Waals surface area contributed by atoms with Gasteiger partial charge in [0.25, 0.3) is 0 Å². The molecule has 3 unspecified atom stereocenters. The first-order valence-corrected chi connectivity index (χ1v) is 6.74. The highest BCUT2D eigenvalue weighted by molar-refractivity contribution is 8.00. The summed E-state index contributed by atoms with van der Waals surface area (Å²) < 4.78 is 5.38. The van der Waals surface area contributed by atoms with Gasteiger partial charge in [-0.2, -0.15) is 0 Å². The Kier molecular flexibility index (Phi) is 5.58. The van der Waals surface area contributed by atoms with E-state index in [1.165, 1.54) is 11.8 Å². The molecule has 4 nitrogen and oxygen atoms in total. The molecular weight excluding hydrogens is 226 g/mol. The van der Waals surface area contributed by atoms with Crippen molar-refractivity contribution in [2.24, 2.45) is 0 Å². The van der Waals surface area contributed by atoms with Crippen LogP contribution < -0.4 is 0 Å². The highest BCUT2D eigenvalue weighted by Gasteiger charge is 2.22. The van der Waals surface area contributed by atoms with E-state index in [-0.39, 0.29) is 23.4 Å². The first-order valence-electron chi connectivity index (χ1n) is 5.69. The lowest BCUT2D eigenvalue weighted by Crippen LogP contribution is -2.45. The monoisotopic (exact) mass is 247 g/mol. The maximum Gasteiger partial charge on any atom is 0.232 e. The molecule has 5 heteroatoms. The van der Waals surface area contributed by atoms with Gasteiger partial charge in [-0.05, 0) is 13.8 Å². The predicted molar refractivity (Wildman–Crippen MR) is 65.6 cm³/mol. The molecule has 0 radical (unpaired) electrons. The van der Waals surface area contributed by atoms with Gasteiger partial charge >= 0.3 is 0 Å². The fraction of sp³-hybridized carbons (Fsp3) is 0.909. The lowest BCUT2D eigenvalue weighted by molar-refractivity contribution is -0.135. The Balaban J connectivity index is 2.29. The van der Waals surface area contributed by atoms with E-state index in [2.05, 4.69) is 0 Å². The summed E-state index contributed by atoms with van der Waals surface area (Å²) in [4.78, 5) is 13.7. The minimum absolute atomic E-state index is 0.0995. The number of amides is 1. The van der Waals surface area contributed by atoms with Crippen molar-refractivity contribution in [3.8, 4) is 0 Å². The molecule has 1 N–H and O–H groups in total. The van der Waals surface area contributed by atoms with Crippen molar-refractivity contribution in [1.82, 2.24) is 4.90 Å². The number of rotatable bonds is 4. The first-order chi connectivity index (χ1) is 7.50. The van der Waals surface area contributed by atoms with Crippen LogP contribution in [0.3, 0.4) is 0 Å². The summed E-state index contributed by atoms with van der Waals surface area (Å²) in [6, 6.07) is 0. The van der Waals surface area contributed by atoms with Crippen molar-refractivity contribution in [1.29, 1.82) is 0 Å². The molecule has 1 amide bonds. The van der Waals surface area contributed by atoms with Crippen molar-refractivity contribution >= 4 is 17.7 Å². The van der Waals surface area contributed by atoms with Gasteiger partial charge in [-0.3, -0.25) is 4.79 Å². The third-order valence-corrected chi connectivity index (χ3v) is 4.08. The van der Waals surface area contributed by atoms with E-state index in [1.807, 2.05) is 18.7 Å². The fourth-order valence-electron chi connectivity index (χ4n) is 1.48. The van der Waals surface area contributed by atoms with Crippen LogP contribution in [-0.2, 0) is 9.53 Å². The smallest absolute Gasteiger partial charge is 0.232 e. The Hall–Kier alpha value is -0.260. The molecule has 1 aliphatic rings. The lowest BCUT2D eigenvalue weighted by atomic mass is 10.3. The Morgan fingerprint density at radius 1 is 1.62 bits per heavy atom. The van der Waals surface area contributed by atoms with E-state index in [0.29, 0.717) is 25.4 Å². The van der Waals surface area contributed by atoms with Crippen LogP contribution in [0.15, 0.2) is 0 Å². The maximum absolute atomic E-state index is 11.8. The van der Waals surface area contributed by atoms with Crippen LogP contribution in [0.1, 0.15) is 20.8 Å². The average molecular weight is 247 g/mol. The van der Waals surface area contributed by atoms with Crippen molar-refractivity contribution in [3.05, 3.63) is 0 Å². The van der Waals surface area contributed by atoms with Gasteiger partial charge in [0.15, 0.2) is 0 Å². The second kappa shape index (κ2) is 6.47. The van der Waals surface area contributed by atoms with Crippen LogP contribution in [0.25, 0.3) is 0 Å². The molecule has 0 aromatic heterocycles. The molecule has 1 heterocycles. The van der Waals surface area contributed by atoms with E-state index in [9.17, 15) is 9.90 Å². The normalized spacial score (nSPS) is 25.2. The Labute approximate surface area is 101 Å². The summed E-state index contributed by atoms with van der Waals surface area (Å²) in [5.41, 5.74) is 0. The molecular formula is C11H21NO3S. The SMILES string of the molecule is CC1CN(C(=O)CSC(C)C(C)O)CCO1. The number of hydrogen-bond donors (Lipinski definition) is 1. The molecule has 1 fully saturated rings. The summed E-state index contributed by atoms with van der Waals surface area (Å²) >= 11 is 1.51. The Bertz CT molecular complexity index is 235. The Morgan fingerprint density at radius 3 is 2.88 bits per heavy atom. The third-order valence-electron chi connectivity index (χ3n) is 2.74. The zero-order chi connectivity index (χ0) is 12.1. The molecule has 0 saturated carbocycles. The fourth-order valence-corrected chi connectivity index (χ4v) is 2.34. The Morgan fingerprint density at radius 2 is 2.31 bits per heavy atom. The zero-order valence-corrected chi connectivity index (χ0v) is 11.0. The number of aliphatic hydroxyl groups is 1. The largest absolute Gasteiger partial charge is 0.392 e. The molecule has 0 aromatic rings. The van der Waals surface area contributed by atoms with Gasteiger partial charge in [-0.1, -0.05) is 6.92 Å². The first kappa shape index (κ1) is 13.8. The molecule has 0 aliphatic carbocycles. The number of thioether (sulfide) groups is 1. The second-order valence-electron chi connectivity index (χ2n) is 4.28. The van der Waals surface area contributed by atoms with Crippen LogP contribution in [0, 0.1) is 0 Å². The minimum Gasteiger partial charge on any atom is -0.392 e. The quantitative estimate of drug-likeness (QED) is 0.796. The summed E-state index contributed by atoms with van der Waals surface area (Å²) in [5.74, 6) is 0.589. The number of aliphatic hydroxyl groups excluding tert-OH is 1. The van der Waals surface area contributed by atoms with Gasteiger partial charge in [-0.15, -0.1) is 11.8 Å². The number of ether oxygens (including phenoxy) is 1. The van der Waals surface area contributed by atoms with Gasteiger partial charge < -0.3 is 14.7 Å². The molecule has 16 heavy (non-hydrogen) atoms. The zero-order valence-electron chi connectivity index (χ0n) is 10.2. The number of carbonyl (C=O) groups excluding carboxylic acids is 1. The third kappa shape index (κ3) is 4.31. The van der Waals surface area contributed by atoms with E-state index in [1.54, 1.807) is 6.92 Å². The molecule has 1 saturated heterocycles. The second-order valence-corrected chi connectivity index (χ2v) is 5.64. The van der Waals surface area contributed by atoms with Crippen LogP contribution >= 0.6 is 11.8 Å². The van der Waals surface area contributed by atoms with Crippen molar-refractivity contribution in [3.63, 3.8) is 0 Å². The highest BCUT2D eigenvalue weighted by Crippen LogP contribution is 2.15. The minimum atomic E-state index is -0.374. The summed E-state index contributed by atoms with van der Waals surface area (Å²) in [6.07, 6.45) is -0.238. The molecule has 0 aromatic carbocycles. The van der Waals surface area contributed by atoms with Crippen LogP contribution in [0.5, 0.6) is 0 Å². The van der Waals surface area contributed by atoms with Crippen LogP contribution in [-0.4, -0.2) is 58.8 Å². The van der Waals surface area contributed by atoms with Crippen molar-refractivity contribution in [2.45, 2.75) is 38.2 Å². The molecule has 3 atom stereocenters. The average Bonchev–Trinajstić information content (AvgIpc) is 2.25. The maximum atomic E-state index is 11.8. The number of nitrogens with zero attached hydrogens (tertiary/aromatic N) is 1. The van der Waals surface area contributed by atoms with E-state index >= 15 is 0 Å². The summed E-state index contributed by atoms with van der Waals surface area (Å²) in [5, 5.41) is 9.42. The summed E-state index contributed by atoms with van der Waals surface area (Å²) in [7, 11) is 0. The molecule has 0 spiro atoms. The summed E-state index contributed by atoms with van der Waals surface area (Å²) in [6.45, 7) is 7.66.